The largest absolute Gasteiger partial charge is 0.496 e. The van der Waals surface area contributed by atoms with E-state index in [9.17, 15) is 13.2 Å². The second kappa shape index (κ2) is 8.02. The average molecular weight is 398 g/mol. The first-order valence-electron chi connectivity index (χ1n) is 5.89. The van der Waals surface area contributed by atoms with E-state index in [1.807, 2.05) is 6.26 Å². The standard InChI is InChI=1S/C12H16BrNO5S2/c1-19-11-4-3-8(7-9(11)13)21(17,18)14-10(12(15)16)5-6-20-2/h3-4,7,10,14H,5-6H2,1-2H3,(H,15,16)/t10-/m1/s1. The molecule has 0 radical (unpaired) electrons. The van der Waals surface area contributed by atoms with Crippen LogP contribution in [0.15, 0.2) is 27.6 Å². The monoisotopic (exact) mass is 397 g/mol. The highest BCUT2D eigenvalue weighted by molar-refractivity contribution is 9.10. The minimum atomic E-state index is -3.91. The summed E-state index contributed by atoms with van der Waals surface area (Å²) in [6, 6.07) is 3.08. The zero-order valence-corrected chi connectivity index (χ0v) is 14.7. The number of carboxylic acids is 1. The van der Waals surface area contributed by atoms with E-state index in [4.69, 9.17) is 9.84 Å². The Morgan fingerprint density at radius 1 is 1.52 bits per heavy atom. The Balaban J connectivity index is 2.99. The van der Waals surface area contributed by atoms with Gasteiger partial charge in [-0.25, -0.2) is 8.42 Å². The highest BCUT2D eigenvalue weighted by atomic mass is 79.9. The third-order valence-electron chi connectivity index (χ3n) is 2.64. The first-order chi connectivity index (χ1) is 9.81. The van der Waals surface area contributed by atoms with Crippen molar-refractivity contribution in [3.8, 4) is 5.75 Å². The molecule has 0 saturated carbocycles. The molecule has 6 nitrogen and oxygen atoms in total. The summed E-state index contributed by atoms with van der Waals surface area (Å²) < 4.78 is 32.1. The first-order valence-corrected chi connectivity index (χ1v) is 9.56. The van der Waals surface area contributed by atoms with Crippen molar-refractivity contribution >= 4 is 43.7 Å². The topological polar surface area (TPSA) is 92.7 Å². The number of thioether (sulfide) groups is 1. The summed E-state index contributed by atoms with van der Waals surface area (Å²) in [7, 11) is -2.44. The molecule has 0 unspecified atom stereocenters. The van der Waals surface area contributed by atoms with Crippen molar-refractivity contribution in [1.82, 2.24) is 4.72 Å². The third kappa shape index (κ3) is 5.17. The lowest BCUT2D eigenvalue weighted by Gasteiger charge is -2.15. The molecule has 0 aliphatic heterocycles. The van der Waals surface area contributed by atoms with E-state index in [0.717, 1.165) is 0 Å². The Morgan fingerprint density at radius 2 is 2.19 bits per heavy atom. The molecule has 0 heterocycles. The summed E-state index contributed by atoms with van der Waals surface area (Å²) in [5.74, 6) is -0.155. The number of carboxylic acid groups (broad SMARTS) is 1. The van der Waals surface area contributed by atoms with Crippen molar-refractivity contribution in [1.29, 1.82) is 0 Å². The second-order valence-corrected chi connectivity index (χ2v) is 7.64. The van der Waals surface area contributed by atoms with Crippen LogP contribution in [-0.4, -0.2) is 44.7 Å². The molecule has 0 aliphatic carbocycles. The first kappa shape index (κ1) is 18.3. The molecule has 21 heavy (non-hydrogen) atoms. The molecule has 118 valence electrons. The highest BCUT2D eigenvalue weighted by Gasteiger charge is 2.25. The fourth-order valence-electron chi connectivity index (χ4n) is 1.54. The van der Waals surface area contributed by atoms with E-state index in [-0.39, 0.29) is 11.3 Å². The molecule has 0 bridgehead atoms. The Morgan fingerprint density at radius 3 is 2.67 bits per heavy atom. The van der Waals surface area contributed by atoms with Crippen LogP contribution in [0, 0.1) is 0 Å². The van der Waals surface area contributed by atoms with Gasteiger partial charge in [-0.05, 0) is 52.6 Å². The number of methoxy groups -OCH3 is 1. The Hall–Kier alpha value is -0.770. The molecule has 0 spiro atoms. The molecule has 1 atom stereocenters. The fourth-order valence-corrected chi connectivity index (χ4v) is 3.95. The summed E-state index contributed by atoms with van der Waals surface area (Å²) in [5.41, 5.74) is 0. The fraction of sp³-hybridized carbons (Fsp3) is 0.417. The van der Waals surface area contributed by atoms with Gasteiger partial charge >= 0.3 is 5.97 Å². The number of hydrogen-bond donors (Lipinski definition) is 2. The molecule has 1 aromatic carbocycles. The lowest BCUT2D eigenvalue weighted by Crippen LogP contribution is -2.41. The second-order valence-electron chi connectivity index (χ2n) is 4.09. The summed E-state index contributed by atoms with van der Waals surface area (Å²) >= 11 is 4.65. The smallest absolute Gasteiger partial charge is 0.321 e. The van der Waals surface area contributed by atoms with Gasteiger partial charge in [-0.1, -0.05) is 0 Å². The Kier molecular flexibility index (Phi) is 6.98. The van der Waals surface area contributed by atoms with Crippen molar-refractivity contribution in [2.45, 2.75) is 17.4 Å². The number of ether oxygens (including phenoxy) is 1. The molecule has 0 amide bonds. The maximum Gasteiger partial charge on any atom is 0.321 e. The van der Waals surface area contributed by atoms with Crippen LogP contribution >= 0.6 is 27.7 Å². The molecule has 0 aromatic heterocycles. The van der Waals surface area contributed by atoms with Gasteiger partial charge in [0.25, 0.3) is 0 Å². The van der Waals surface area contributed by atoms with Crippen LogP contribution in [0.4, 0.5) is 0 Å². The zero-order chi connectivity index (χ0) is 16.0. The van der Waals surface area contributed by atoms with Gasteiger partial charge in [0.2, 0.25) is 10.0 Å². The normalized spacial score (nSPS) is 12.9. The molecule has 9 heteroatoms. The van der Waals surface area contributed by atoms with E-state index in [1.165, 1.54) is 37.1 Å². The summed E-state index contributed by atoms with van der Waals surface area (Å²) in [5, 5.41) is 9.08. The van der Waals surface area contributed by atoms with Gasteiger partial charge in [0.05, 0.1) is 16.5 Å². The molecule has 0 aliphatic rings. The maximum absolute atomic E-state index is 12.2. The summed E-state index contributed by atoms with van der Waals surface area (Å²) in [6.45, 7) is 0. The van der Waals surface area contributed by atoms with Gasteiger partial charge in [0.1, 0.15) is 11.8 Å². The highest BCUT2D eigenvalue weighted by Crippen LogP contribution is 2.27. The average Bonchev–Trinajstić information content (AvgIpc) is 2.43. The van der Waals surface area contributed by atoms with Crippen molar-refractivity contribution < 1.29 is 23.1 Å². The van der Waals surface area contributed by atoms with Crippen molar-refractivity contribution in [2.75, 3.05) is 19.1 Å². The van der Waals surface area contributed by atoms with Crippen LogP contribution in [0.5, 0.6) is 5.75 Å². The van der Waals surface area contributed by atoms with Crippen LogP contribution < -0.4 is 9.46 Å². The van der Waals surface area contributed by atoms with Gasteiger partial charge in [0, 0.05) is 0 Å². The zero-order valence-electron chi connectivity index (χ0n) is 11.5. The number of carbonyl (C=O) groups is 1. The lowest BCUT2D eigenvalue weighted by atomic mass is 10.2. The van der Waals surface area contributed by atoms with Crippen LogP contribution in [0.3, 0.4) is 0 Å². The Bertz CT molecular complexity index is 606. The van der Waals surface area contributed by atoms with Crippen LogP contribution in [-0.2, 0) is 14.8 Å². The maximum atomic E-state index is 12.2. The number of benzene rings is 1. The minimum absolute atomic E-state index is 0.0226. The van der Waals surface area contributed by atoms with Crippen molar-refractivity contribution in [3.63, 3.8) is 0 Å². The number of sulfonamides is 1. The molecular weight excluding hydrogens is 382 g/mol. The number of hydrogen-bond acceptors (Lipinski definition) is 5. The summed E-state index contributed by atoms with van der Waals surface area (Å²) in [4.78, 5) is 11.1. The molecular formula is C12H16BrNO5S2. The Labute approximate surface area is 136 Å². The molecule has 1 aromatic rings. The quantitative estimate of drug-likeness (QED) is 0.696. The molecule has 0 fully saturated rings. The van der Waals surface area contributed by atoms with Crippen molar-refractivity contribution in [2.24, 2.45) is 0 Å². The number of nitrogens with one attached hydrogen (secondary N) is 1. The number of halogens is 1. The van der Waals surface area contributed by atoms with Gasteiger partial charge < -0.3 is 9.84 Å². The predicted molar refractivity (Wildman–Crippen MR) is 85.4 cm³/mol. The molecule has 0 saturated heterocycles. The van der Waals surface area contributed by atoms with Crippen LogP contribution in [0.2, 0.25) is 0 Å². The molecule has 2 N–H and O–H groups in total. The van der Waals surface area contributed by atoms with E-state index in [2.05, 4.69) is 20.7 Å². The van der Waals surface area contributed by atoms with E-state index >= 15 is 0 Å². The van der Waals surface area contributed by atoms with Gasteiger partial charge in [-0.15, -0.1) is 0 Å². The van der Waals surface area contributed by atoms with E-state index < -0.39 is 22.0 Å². The van der Waals surface area contributed by atoms with Crippen molar-refractivity contribution in [3.05, 3.63) is 22.7 Å². The SMILES string of the molecule is COc1ccc(S(=O)(=O)N[C@H](CCSC)C(=O)O)cc1Br. The lowest BCUT2D eigenvalue weighted by molar-refractivity contribution is -0.139. The third-order valence-corrected chi connectivity index (χ3v) is 5.37. The predicted octanol–water partition coefficient (Wildman–Crippen LogP) is 1.94. The van der Waals surface area contributed by atoms with E-state index in [0.29, 0.717) is 16.0 Å². The van der Waals surface area contributed by atoms with Gasteiger partial charge in [-0.2, -0.15) is 16.5 Å². The minimum Gasteiger partial charge on any atom is -0.496 e. The number of rotatable bonds is 8. The van der Waals surface area contributed by atoms with Gasteiger partial charge in [0.15, 0.2) is 0 Å². The number of aliphatic carboxylic acids is 1. The van der Waals surface area contributed by atoms with Crippen LogP contribution in [0.25, 0.3) is 0 Å². The molecule has 1 rings (SSSR count). The van der Waals surface area contributed by atoms with Crippen LogP contribution in [0.1, 0.15) is 6.42 Å². The van der Waals surface area contributed by atoms with E-state index in [1.54, 1.807) is 0 Å². The van der Waals surface area contributed by atoms with Gasteiger partial charge in [-0.3, -0.25) is 4.79 Å². The summed E-state index contributed by atoms with van der Waals surface area (Å²) in [6.07, 6.45) is 2.04.